The number of benzene rings is 2. The van der Waals surface area contributed by atoms with Crippen molar-refractivity contribution in [1.82, 2.24) is 0 Å². The molecule has 0 spiro atoms. The molecule has 0 aliphatic carbocycles. The van der Waals surface area contributed by atoms with E-state index in [1.807, 2.05) is 0 Å². The van der Waals surface area contributed by atoms with Crippen LogP contribution in [0.4, 0.5) is 0 Å². The summed E-state index contributed by atoms with van der Waals surface area (Å²) in [6.45, 7) is 0. The van der Waals surface area contributed by atoms with Crippen molar-refractivity contribution in [3.63, 3.8) is 0 Å². The molecule has 0 amide bonds. The van der Waals surface area contributed by atoms with E-state index in [9.17, 15) is 20.1 Å². The summed E-state index contributed by atoms with van der Waals surface area (Å²) < 4.78 is 5.25. The van der Waals surface area contributed by atoms with E-state index in [0.717, 1.165) is 6.07 Å². The first-order valence-corrected chi connectivity index (χ1v) is 5.81. The van der Waals surface area contributed by atoms with Gasteiger partial charge < -0.3 is 30.7 Å². The molecule has 3 aromatic rings. The summed E-state index contributed by atoms with van der Waals surface area (Å²) in [6, 6.07) is 8.18. The molecular formula is C15H13NaO7. The normalized spacial score (nSPS) is 9.39. The minimum Gasteiger partial charge on any atom is -0.872 e. The summed E-state index contributed by atoms with van der Waals surface area (Å²) in [7, 11) is 0. The van der Waals surface area contributed by atoms with Gasteiger partial charge in [0.25, 0.3) is 0 Å². The fourth-order valence-corrected chi connectivity index (χ4v) is 2.04. The van der Waals surface area contributed by atoms with Crippen molar-refractivity contribution >= 4 is 11.0 Å². The van der Waals surface area contributed by atoms with Crippen LogP contribution in [0.2, 0.25) is 0 Å². The van der Waals surface area contributed by atoms with Crippen LogP contribution in [0.25, 0.3) is 22.1 Å². The Morgan fingerprint density at radius 2 is 1.57 bits per heavy atom. The molecule has 1 heterocycles. The van der Waals surface area contributed by atoms with E-state index in [0.29, 0.717) is 5.56 Å². The third-order valence-electron chi connectivity index (χ3n) is 3.00. The van der Waals surface area contributed by atoms with Crippen molar-refractivity contribution in [2.45, 2.75) is 0 Å². The zero-order valence-electron chi connectivity index (χ0n) is 12.2. The molecule has 0 radical (unpaired) electrons. The number of rotatable bonds is 1. The molecule has 0 bridgehead atoms. The van der Waals surface area contributed by atoms with Gasteiger partial charge in [-0.1, -0.05) is 17.9 Å². The van der Waals surface area contributed by atoms with Gasteiger partial charge in [0.2, 0.25) is 0 Å². The Morgan fingerprint density at radius 1 is 0.957 bits per heavy atom. The third-order valence-corrected chi connectivity index (χ3v) is 3.00. The second-order valence-electron chi connectivity index (χ2n) is 4.34. The summed E-state index contributed by atoms with van der Waals surface area (Å²) in [5.41, 5.74) is 0.329. The number of phenolic OH excluding ortho intramolecular Hbond substituents is 2. The molecule has 0 unspecified atom stereocenters. The van der Waals surface area contributed by atoms with Gasteiger partial charge in [0.15, 0.2) is 5.43 Å². The van der Waals surface area contributed by atoms with Crippen molar-refractivity contribution in [3.05, 3.63) is 52.9 Å². The maximum atomic E-state index is 12.3. The Balaban J connectivity index is 0.00000161. The first-order chi connectivity index (χ1) is 9.56. The number of hydrogen-bond acceptors (Lipinski definition) is 5. The number of aromatic hydroxyl groups is 2. The molecule has 0 aliphatic heterocycles. The molecule has 0 atom stereocenters. The number of hydrogen-bond donors (Lipinski definition) is 2. The smallest absolute Gasteiger partial charge is 0.872 e. The second-order valence-corrected chi connectivity index (χ2v) is 4.34. The van der Waals surface area contributed by atoms with Gasteiger partial charge in [-0.2, -0.15) is 0 Å². The summed E-state index contributed by atoms with van der Waals surface area (Å²) in [5.74, 6) is -0.759. The van der Waals surface area contributed by atoms with Crippen LogP contribution >= 0.6 is 0 Å². The molecular weight excluding hydrogens is 315 g/mol. The van der Waals surface area contributed by atoms with Gasteiger partial charge >= 0.3 is 29.6 Å². The average Bonchev–Trinajstić information content (AvgIpc) is 2.39. The molecule has 0 saturated carbocycles. The molecule has 7 nitrogen and oxygen atoms in total. The van der Waals surface area contributed by atoms with E-state index in [1.54, 1.807) is 12.1 Å². The standard InChI is InChI=1S/C15H10O5.Na.2H2O/c16-9-3-1-8(2-4-9)11-7-20-13-6-10(17)5-12(18)14(13)15(11)19;;;/h1-7,16-18H;;2*1H2/q;+1;;/p-1. The van der Waals surface area contributed by atoms with Crippen LogP contribution in [0.15, 0.2) is 51.9 Å². The summed E-state index contributed by atoms with van der Waals surface area (Å²) in [6.07, 6.45) is 1.23. The topological polar surface area (TPSA) is 157 Å². The minimum atomic E-state index is -0.589. The van der Waals surface area contributed by atoms with Crippen molar-refractivity contribution in [2.24, 2.45) is 0 Å². The monoisotopic (exact) mass is 328 g/mol. The first kappa shape index (κ1) is 21.0. The van der Waals surface area contributed by atoms with Gasteiger partial charge in [-0.15, -0.1) is 0 Å². The Labute approximate surface area is 152 Å². The van der Waals surface area contributed by atoms with Gasteiger partial charge in [-0.05, 0) is 23.8 Å². The maximum absolute atomic E-state index is 12.3. The van der Waals surface area contributed by atoms with E-state index in [2.05, 4.69) is 0 Å². The van der Waals surface area contributed by atoms with E-state index >= 15 is 0 Å². The quantitative estimate of drug-likeness (QED) is 0.465. The number of fused-ring (bicyclic) bond motifs is 1. The van der Waals surface area contributed by atoms with Gasteiger partial charge in [0.1, 0.15) is 23.3 Å². The molecule has 2 aromatic carbocycles. The minimum absolute atomic E-state index is 0. The molecule has 0 fully saturated rings. The number of phenols is 2. The molecule has 116 valence electrons. The molecule has 0 saturated heterocycles. The summed E-state index contributed by atoms with van der Waals surface area (Å²) in [4.78, 5) is 12.3. The third kappa shape index (κ3) is 3.84. The first-order valence-electron chi connectivity index (χ1n) is 5.81. The Hall–Kier alpha value is -2.03. The van der Waals surface area contributed by atoms with E-state index in [1.165, 1.54) is 24.5 Å². The summed E-state index contributed by atoms with van der Waals surface area (Å²) >= 11 is 0. The molecule has 23 heavy (non-hydrogen) atoms. The van der Waals surface area contributed by atoms with Crippen LogP contribution in [-0.4, -0.2) is 21.2 Å². The van der Waals surface area contributed by atoms with Gasteiger partial charge in [0, 0.05) is 6.07 Å². The zero-order valence-corrected chi connectivity index (χ0v) is 14.2. The van der Waals surface area contributed by atoms with Crippen LogP contribution in [0.3, 0.4) is 0 Å². The molecule has 0 aliphatic rings. The molecule has 8 heteroatoms. The van der Waals surface area contributed by atoms with E-state index < -0.39 is 11.2 Å². The fraction of sp³-hybridized carbons (Fsp3) is 0. The largest absolute Gasteiger partial charge is 1.00 e. The predicted octanol–water partition coefficient (Wildman–Crippen LogP) is -2.70. The van der Waals surface area contributed by atoms with Crippen LogP contribution in [0, 0.1) is 0 Å². The van der Waals surface area contributed by atoms with Gasteiger partial charge in [-0.3, -0.25) is 4.79 Å². The average molecular weight is 328 g/mol. The van der Waals surface area contributed by atoms with Gasteiger partial charge in [0.05, 0.1) is 10.9 Å². The van der Waals surface area contributed by atoms with Crippen LogP contribution in [0.5, 0.6) is 17.2 Å². The Bertz CT molecular complexity index is 856. The van der Waals surface area contributed by atoms with Gasteiger partial charge in [-0.25, -0.2) is 0 Å². The second kappa shape index (κ2) is 8.00. The Morgan fingerprint density at radius 3 is 2.17 bits per heavy atom. The summed E-state index contributed by atoms with van der Waals surface area (Å²) in [5, 5.41) is 30.3. The SMILES string of the molecule is O.O.O=c1c(-c2ccc(O)cc2)coc2cc(O)cc([O-])c12.[Na+]. The Kier molecular flexibility index (Phi) is 7.29. The van der Waals surface area contributed by atoms with Crippen molar-refractivity contribution < 1.29 is 60.2 Å². The predicted molar refractivity (Wildman–Crippen MR) is 77.9 cm³/mol. The molecule has 1 aromatic heterocycles. The van der Waals surface area contributed by atoms with E-state index in [4.69, 9.17) is 4.42 Å². The molecule has 3 rings (SSSR count). The van der Waals surface area contributed by atoms with Crippen LogP contribution in [-0.2, 0) is 0 Å². The van der Waals surface area contributed by atoms with Crippen molar-refractivity contribution in [1.29, 1.82) is 0 Å². The molecule has 6 N–H and O–H groups in total. The maximum Gasteiger partial charge on any atom is 1.00 e. The van der Waals surface area contributed by atoms with Crippen LogP contribution < -0.4 is 40.1 Å². The van der Waals surface area contributed by atoms with E-state index in [-0.39, 0.29) is 68.5 Å². The van der Waals surface area contributed by atoms with Crippen LogP contribution in [0.1, 0.15) is 0 Å². The van der Waals surface area contributed by atoms with Crippen molar-refractivity contribution in [2.75, 3.05) is 0 Å². The zero-order chi connectivity index (χ0) is 14.3. The fourth-order valence-electron chi connectivity index (χ4n) is 2.04. The van der Waals surface area contributed by atoms with Crippen molar-refractivity contribution in [3.8, 4) is 28.4 Å².